The van der Waals surface area contributed by atoms with Crippen LogP contribution in [-0.4, -0.2) is 11.3 Å². The molecule has 0 radical (unpaired) electrons. The Morgan fingerprint density at radius 2 is 1.28 bits per heavy atom. The summed E-state index contributed by atoms with van der Waals surface area (Å²) in [7, 11) is 0. The number of ketones is 1. The van der Waals surface area contributed by atoms with Gasteiger partial charge in [-0.15, -0.1) is 0 Å². The first-order valence-corrected chi connectivity index (χ1v) is 11.0. The fourth-order valence-corrected chi connectivity index (χ4v) is 4.44. The molecule has 1 fully saturated rings. The van der Waals surface area contributed by atoms with Gasteiger partial charge in [0.2, 0.25) is 0 Å². The van der Waals surface area contributed by atoms with Gasteiger partial charge in [0.05, 0.1) is 5.54 Å². The highest BCUT2D eigenvalue weighted by Gasteiger charge is 2.47. The summed E-state index contributed by atoms with van der Waals surface area (Å²) >= 11 is 0. The Bertz CT molecular complexity index is 377. The molecule has 0 aliphatic heterocycles. The maximum Gasteiger partial charge on any atom is 0.158 e. The van der Waals surface area contributed by atoms with E-state index in [1.54, 1.807) is 0 Å². The molecule has 0 aromatic heterocycles. The average molecular weight is 352 g/mol. The van der Waals surface area contributed by atoms with E-state index >= 15 is 0 Å². The van der Waals surface area contributed by atoms with Crippen molar-refractivity contribution in [2.45, 2.75) is 130 Å². The lowest BCUT2D eigenvalue weighted by molar-refractivity contribution is -0.136. The first-order chi connectivity index (χ1) is 11.7. The summed E-state index contributed by atoms with van der Waals surface area (Å²) in [5.41, 5.74) is 6.29. The van der Waals surface area contributed by atoms with Crippen LogP contribution in [0.15, 0.2) is 0 Å². The molecule has 0 amide bonds. The fourth-order valence-electron chi connectivity index (χ4n) is 4.44. The third-order valence-electron chi connectivity index (χ3n) is 6.66. The SMILES string of the molecule is CCCCCCC(C)(CCCCCC)C(=O)C1(N)CCC(C)(C)CC1. The van der Waals surface area contributed by atoms with Gasteiger partial charge in [0, 0.05) is 5.41 Å². The number of hydrogen-bond donors (Lipinski definition) is 1. The zero-order valence-electron chi connectivity index (χ0n) is 17.9. The lowest BCUT2D eigenvalue weighted by atomic mass is 9.62. The molecule has 0 atom stereocenters. The van der Waals surface area contributed by atoms with Gasteiger partial charge >= 0.3 is 0 Å². The molecule has 0 spiro atoms. The van der Waals surface area contributed by atoms with Crippen LogP contribution in [0.1, 0.15) is 125 Å². The van der Waals surface area contributed by atoms with Gasteiger partial charge in [0.15, 0.2) is 5.78 Å². The molecule has 0 saturated heterocycles. The van der Waals surface area contributed by atoms with E-state index in [0.29, 0.717) is 11.2 Å². The van der Waals surface area contributed by atoms with E-state index in [4.69, 9.17) is 5.73 Å². The first kappa shape index (κ1) is 22.7. The largest absolute Gasteiger partial charge is 0.319 e. The van der Waals surface area contributed by atoms with Gasteiger partial charge in [0.1, 0.15) is 0 Å². The molecule has 1 saturated carbocycles. The Morgan fingerprint density at radius 1 is 0.840 bits per heavy atom. The van der Waals surface area contributed by atoms with Gasteiger partial charge in [-0.05, 0) is 43.9 Å². The second-order valence-electron chi connectivity index (χ2n) is 9.83. The number of rotatable bonds is 12. The maximum absolute atomic E-state index is 13.6. The number of nitrogens with two attached hydrogens (primary N) is 1. The monoisotopic (exact) mass is 351 g/mol. The Balaban J connectivity index is 2.75. The van der Waals surface area contributed by atoms with Gasteiger partial charge in [-0.3, -0.25) is 4.79 Å². The quantitative estimate of drug-likeness (QED) is 0.393. The van der Waals surface area contributed by atoms with Gasteiger partial charge in [-0.25, -0.2) is 0 Å². The van der Waals surface area contributed by atoms with Gasteiger partial charge in [0.25, 0.3) is 0 Å². The summed E-state index contributed by atoms with van der Waals surface area (Å²) in [6.07, 6.45) is 15.9. The maximum atomic E-state index is 13.6. The van der Waals surface area contributed by atoms with Crippen LogP contribution in [0.2, 0.25) is 0 Å². The van der Waals surface area contributed by atoms with Crippen molar-refractivity contribution < 1.29 is 4.79 Å². The fraction of sp³-hybridized carbons (Fsp3) is 0.957. The Hall–Kier alpha value is -0.370. The summed E-state index contributed by atoms with van der Waals surface area (Å²) in [5, 5.41) is 0. The van der Waals surface area contributed by atoms with Crippen molar-refractivity contribution >= 4 is 5.78 Å². The number of carbonyl (C=O) groups excluding carboxylic acids is 1. The molecule has 1 aliphatic carbocycles. The zero-order valence-corrected chi connectivity index (χ0v) is 17.9. The van der Waals surface area contributed by atoms with Crippen molar-refractivity contribution in [2.24, 2.45) is 16.6 Å². The van der Waals surface area contributed by atoms with Crippen molar-refractivity contribution in [1.29, 1.82) is 0 Å². The van der Waals surface area contributed by atoms with Gasteiger partial charge < -0.3 is 5.73 Å². The minimum absolute atomic E-state index is 0.211. The summed E-state index contributed by atoms with van der Waals surface area (Å²) < 4.78 is 0. The molecule has 0 bridgehead atoms. The minimum atomic E-state index is -0.570. The van der Waals surface area contributed by atoms with Crippen LogP contribution in [0.3, 0.4) is 0 Å². The molecule has 1 aliphatic rings. The van der Waals surface area contributed by atoms with Crippen LogP contribution in [0.25, 0.3) is 0 Å². The smallest absolute Gasteiger partial charge is 0.158 e. The molecule has 25 heavy (non-hydrogen) atoms. The minimum Gasteiger partial charge on any atom is -0.319 e. The topological polar surface area (TPSA) is 43.1 Å². The van der Waals surface area contributed by atoms with Crippen molar-refractivity contribution in [2.75, 3.05) is 0 Å². The van der Waals surface area contributed by atoms with Gasteiger partial charge in [-0.2, -0.15) is 0 Å². The Kier molecular flexibility index (Phi) is 9.15. The molecule has 2 heteroatoms. The van der Waals surface area contributed by atoms with Crippen LogP contribution in [-0.2, 0) is 4.79 Å². The van der Waals surface area contributed by atoms with Crippen molar-refractivity contribution in [3.05, 3.63) is 0 Å². The van der Waals surface area contributed by atoms with Gasteiger partial charge in [-0.1, -0.05) is 86.0 Å². The molecule has 148 valence electrons. The number of carbonyl (C=O) groups is 1. The molecule has 1 rings (SSSR count). The van der Waals surface area contributed by atoms with Crippen molar-refractivity contribution in [1.82, 2.24) is 0 Å². The van der Waals surface area contributed by atoms with Crippen LogP contribution >= 0.6 is 0 Å². The third kappa shape index (κ3) is 7.04. The van der Waals surface area contributed by atoms with Crippen LogP contribution < -0.4 is 5.73 Å². The summed E-state index contributed by atoms with van der Waals surface area (Å²) in [6, 6.07) is 0. The van der Waals surface area contributed by atoms with E-state index in [-0.39, 0.29) is 5.41 Å². The summed E-state index contributed by atoms with van der Waals surface area (Å²) in [6.45, 7) is 11.3. The van der Waals surface area contributed by atoms with Crippen LogP contribution in [0, 0.1) is 10.8 Å². The molecular weight excluding hydrogens is 306 g/mol. The molecule has 0 aromatic carbocycles. The molecular formula is C23H45NO. The number of hydrogen-bond acceptors (Lipinski definition) is 2. The van der Waals surface area contributed by atoms with Crippen LogP contribution in [0.5, 0.6) is 0 Å². The zero-order chi connectivity index (χ0) is 19.0. The normalized spacial score (nSPS) is 19.8. The number of unbranched alkanes of at least 4 members (excludes halogenated alkanes) is 6. The summed E-state index contributed by atoms with van der Waals surface area (Å²) in [5.74, 6) is 0.378. The predicted molar refractivity (Wildman–Crippen MR) is 110 cm³/mol. The molecule has 2 N–H and O–H groups in total. The highest BCUT2D eigenvalue weighted by molar-refractivity contribution is 5.93. The van der Waals surface area contributed by atoms with Crippen LogP contribution in [0.4, 0.5) is 0 Å². The van der Waals surface area contributed by atoms with E-state index in [1.165, 1.54) is 51.4 Å². The van der Waals surface area contributed by atoms with Crippen molar-refractivity contribution in [3.63, 3.8) is 0 Å². The lowest BCUT2D eigenvalue weighted by Crippen LogP contribution is -2.56. The highest BCUT2D eigenvalue weighted by atomic mass is 16.1. The molecule has 0 aromatic rings. The van der Waals surface area contributed by atoms with E-state index in [9.17, 15) is 4.79 Å². The van der Waals surface area contributed by atoms with E-state index in [1.807, 2.05) is 0 Å². The average Bonchev–Trinajstić information content (AvgIpc) is 2.58. The first-order valence-electron chi connectivity index (χ1n) is 11.0. The second kappa shape index (κ2) is 10.1. The highest BCUT2D eigenvalue weighted by Crippen LogP contribution is 2.44. The molecule has 0 heterocycles. The number of Topliss-reactive ketones (excluding diaryl/α,β-unsaturated/α-hetero) is 1. The second-order valence-corrected chi connectivity index (χ2v) is 9.83. The van der Waals surface area contributed by atoms with E-state index < -0.39 is 5.54 Å². The molecule has 0 unspecified atom stereocenters. The van der Waals surface area contributed by atoms with E-state index in [2.05, 4.69) is 34.6 Å². The Labute approximate surface area is 157 Å². The van der Waals surface area contributed by atoms with E-state index in [0.717, 1.165) is 38.5 Å². The van der Waals surface area contributed by atoms with Crippen molar-refractivity contribution in [3.8, 4) is 0 Å². The Morgan fingerprint density at radius 3 is 1.68 bits per heavy atom. The molecule has 2 nitrogen and oxygen atoms in total. The predicted octanol–water partition coefficient (Wildman–Crippen LogP) is 6.80. The lowest BCUT2D eigenvalue weighted by Gasteiger charge is -2.44. The summed E-state index contributed by atoms with van der Waals surface area (Å²) in [4.78, 5) is 13.6. The third-order valence-corrected chi connectivity index (χ3v) is 6.66. The standard InChI is InChI=1S/C23H45NO/c1-6-8-10-12-14-22(5,15-13-11-9-7-2)20(25)23(24)18-16-21(3,4)17-19-23/h6-19,24H2,1-5H3.